The van der Waals surface area contributed by atoms with Crippen LogP contribution in [0.5, 0.6) is 0 Å². The van der Waals surface area contributed by atoms with Crippen molar-refractivity contribution in [3.05, 3.63) is 70.7 Å². The van der Waals surface area contributed by atoms with E-state index in [-0.39, 0.29) is 5.91 Å². The zero-order valence-corrected chi connectivity index (χ0v) is 17.6. The first kappa shape index (κ1) is 20.5. The molecule has 28 heavy (non-hydrogen) atoms. The molecule has 0 saturated heterocycles. The molecule has 0 radical (unpaired) electrons. The molecule has 0 unspecified atom stereocenters. The number of halogens is 1. The van der Waals surface area contributed by atoms with Crippen LogP contribution in [-0.4, -0.2) is 16.6 Å². The number of hydrogen-bond acceptors (Lipinski definition) is 4. The molecule has 3 rings (SSSR count). The second-order valence-corrected chi connectivity index (χ2v) is 8.14. The molecule has 2 aromatic carbocycles. The summed E-state index contributed by atoms with van der Waals surface area (Å²) < 4.78 is 5.79. The minimum atomic E-state index is 0.0548. The van der Waals surface area contributed by atoms with Crippen molar-refractivity contribution >= 4 is 35.0 Å². The highest BCUT2D eigenvalue weighted by Gasteiger charge is 2.09. The van der Waals surface area contributed by atoms with Crippen LogP contribution in [0.2, 0.25) is 5.02 Å². The topological polar surface area (TPSA) is 55.1 Å². The number of amides is 1. The lowest BCUT2D eigenvalue weighted by molar-refractivity contribution is -0.116. The van der Waals surface area contributed by atoms with Crippen LogP contribution in [0, 0.1) is 13.8 Å². The molecule has 1 heterocycles. The van der Waals surface area contributed by atoms with Crippen molar-refractivity contribution in [3.63, 3.8) is 0 Å². The number of thioether (sulfide) groups is 1. The molecule has 0 fully saturated rings. The summed E-state index contributed by atoms with van der Waals surface area (Å²) in [7, 11) is 0. The van der Waals surface area contributed by atoms with E-state index in [1.807, 2.05) is 56.3 Å². The van der Waals surface area contributed by atoms with Crippen molar-refractivity contribution in [2.24, 2.45) is 0 Å². The molecule has 0 atom stereocenters. The number of carbonyl (C=O) groups is 1. The lowest BCUT2D eigenvalue weighted by Crippen LogP contribution is -2.13. The average molecular weight is 415 g/mol. The molecule has 3 aromatic rings. The van der Waals surface area contributed by atoms with Gasteiger partial charge in [-0.1, -0.05) is 29.8 Å². The van der Waals surface area contributed by atoms with Gasteiger partial charge in [-0.05, 0) is 61.4 Å². The number of benzene rings is 2. The van der Waals surface area contributed by atoms with E-state index in [0.717, 1.165) is 40.3 Å². The second kappa shape index (κ2) is 9.80. The molecule has 4 nitrogen and oxygen atoms in total. The predicted molar refractivity (Wildman–Crippen MR) is 117 cm³/mol. The molecule has 1 amide bonds. The van der Waals surface area contributed by atoms with Crippen molar-refractivity contribution in [1.29, 1.82) is 0 Å². The standard InChI is InChI=1S/C22H23ClN2O2S/c1-15-5-3-6-16(2)22(15)25-20(26)7-4-12-28-14-21-24-13-19(27-21)17-8-10-18(23)11-9-17/h3,5-6,8-11,13H,4,7,12,14H2,1-2H3,(H,25,26). The van der Waals surface area contributed by atoms with Crippen LogP contribution in [0.4, 0.5) is 5.69 Å². The van der Waals surface area contributed by atoms with Crippen LogP contribution >= 0.6 is 23.4 Å². The van der Waals surface area contributed by atoms with E-state index >= 15 is 0 Å². The third kappa shape index (κ3) is 5.63. The zero-order valence-electron chi connectivity index (χ0n) is 16.0. The van der Waals surface area contributed by atoms with Crippen LogP contribution in [0.25, 0.3) is 11.3 Å². The lowest BCUT2D eigenvalue weighted by Gasteiger charge is -2.11. The van der Waals surface area contributed by atoms with Crippen LogP contribution < -0.4 is 5.32 Å². The number of aromatic nitrogens is 1. The van der Waals surface area contributed by atoms with Gasteiger partial charge in [0.2, 0.25) is 11.8 Å². The van der Waals surface area contributed by atoms with E-state index in [0.29, 0.717) is 23.1 Å². The Morgan fingerprint density at radius 1 is 1.14 bits per heavy atom. The Labute approximate surface area is 174 Å². The monoisotopic (exact) mass is 414 g/mol. The number of nitrogens with zero attached hydrogens (tertiary/aromatic N) is 1. The zero-order chi connectivity index (χ0) is 19.9. The Morgan fingerprint density at radius 3 is 2.57 bits per heavy atom. The number of rotatable bonds is 8. The summed E-state index contributed by atoms with van der Waals surface area (Å²) in [4.78, 5) is 16.5. The Bertz CT molecular complexity index is 918. The number of nitrogens with one attached hydrogen (secondary N) is 1. The van der Waals surface area contributed by atoms with Gasteiger partial charge in [-0.3, -0.25) is 4.79 Å². The third-order valence-corrected chi connectivity index (χ3v) is 5.63. The summed E-state index contributed by atoms with van der Waals surface area (Å²) in [6.45, 7) is 4.01. The number of hydrogen-bond donors (Lipinski definition) is 1. The van der Waals surface area contributed by atoms with E-state index in [4.69, 9.17) is 16.0 Å². The van der Waals surface area contributed by atoms with E-state index < -0.39 is 0 Å². The molecule has 6 heteroatoms. The van der Waals surface area contributed by atoms with Gasteiger partial charge in [0.25, 0.3) is 0 Å². The van der Waals surface area contributed by atoms with E-state index in [9.17, 15) is 4.79 Å². The number of oxazole rings is 1. The molecule has 0 aliphatic rings. The maximum Gasteiger partial charge on any atom is 0.224 e. The van der Waals surface area contributed by atoms with Gasteiger partial charge in [-0.25, -0.2) is 4.98 Å². The van der Waals surface area contributed by atoms with Gasteiger partial charge in [0.05, 0.1) is 11.9 Å². The SMILES string of the molecule is Cc1cccc(C)c1NC(=O)CCCSCc1ncc(-c2ccc(Cl)cc2)o1. The largest absolute Gasteiger partial charge is 0.440 e. The Hall–Kier alpha value is -2.24. The lowest BCUT2D eigenvalue weighted by atomic mass is 10.1. The van der Waals surface area contributed by atoms with Crippen molar-refractivity contribution in [2.45, 2.75) is 32.4 Å². The number of para-hydroxylation sites is 1. The summed E-state index contributed by atoms with van der Waals surface area (Å²) in [5.41, 5.74) is 4.05. The number of aryl methyl sites for hydroxylation is 2. The predicted octanol–water partition coefficient (Wildman–Crippen LogP) is 6.26. The summed E-state index contributed by atoms with van der Waals surface area (Å²) in [6.07, 6.45) is 3.05. The minimum absolute atomic E-state index is 0.0548. The molecule has 0 spiro atoms. The molecule has 0 saturated carbocycles. The highest BCUT2D eigenvalue weighted by Crippen LogP contribution is 2.24. The van der Waals surface area contributed by atoms with Crippen LogP contribution in [-0.2, 0) is 10.5 Å². The summed E-state index contributed by atoms with van der Waals surface area (Å²) in [5.74, 6) is 3.04. The molecule has 1 N–H and O–H groups in total. The first-order chi connectivity index (χ1) is 13.5. The minimum Gasteiger partial charge on any atom is -0.440 e. The van der Waals surface area contributed by atoms with Crippen LogP contribution in [0.3, 0.4) is 0 Å². The summed E-state index contributed by atoms with van der Waals surface area (Å²) in [5, 5.41) is 3.72. The highest BCUT2D eigenvalue weighted by molar-refractivity contribution is 7.98. The van der Waals surface area contributed by atoms with E-state index in [1.165, 1.54) is 0 Å². The highest BCUT2D eigenvalue weighted by atomic mass is 35.5. The van der Waals surface area contributed by atoms with E-state index in [2.05, 4.69) is 10.3 Å². The van der Waals surface area contributed by atoms with Crippen molar-refractivity contribution < 1.29 is 9.21 Å². The maximum atomic E-state index is 12.2. The van der Waals surface area contributed by atoms with Crippen LogP contribution in [0.15, 0.2) is 53.1 Å². The van der Waals surface area contributed by atoms with Gasteiger partial charge in [0, 0.05) is 22.7 Å². The smallest absolute Gasteiger partial charge is 0.224 e. The first-order valence-corrected chi connectivity index (χ1v) is 10.7. The van der Waals surface area contributed by atoms with Gasteiger partial charge in [0.15, 0.2) is 5.76 Å². The maximum absolute atomic E-state index is 12.2. The number of anilines is 1. The van der Waals surface area contributed by atoms with Crippen LogP contribution in [0.1, 0.15) is 29.9 Å². The van der Waals surface area contributed by atoms with Gasteiger partial charge in [-0.2, -0.15) is 11.8 Å². The first-order valence-electron chi connectivity index (χ1n) is 9.17. The van der Waals surface area contributed by atoms with Crippen molar-refractivity contribution in [1.82, 2.24) is 4.98 Å². The molecule has 0 aliphatic carbocycles. The molecular weight excluding hydrogens is 392 g/mol. The normalized spacial score (nSPS) is 10.8. The van der Waals surface area contributed by atoms with Gasteiger partial charge >= 0.3 is 0 Å². The van der Waals surface area contributed by atoms with Gasteiger partial charge < -0.3 is 9.73 Å². The quantitative estimate of drug-likeness (QED) is 0.441. The van der Waals surface area contributed by atoms with Gasteiger partial charge in [-0.15, -0.1) is 0 Å². The average Bonchev–Trinajstić information content (AvgIpc) is 3.14. The molecule has 0 bridgehead atoms. The second-order valence-electron chi connectivity index (χ2n) is 6.60. The van der Waals surface area contributed by atoms with Crippen molar-refractivity contribution in [3.8, 4) is 11.3 Å². The Morgan fingerprint density at radius 2 is 1.86 bits per heavy atom. The van der Waals surface area contributed by atoms with Crippen molar-refractivity contribution in [2.75, 3.05) is 11.1 Å². The van der Waals surface area contributed by atoms with Gasteiger partial charge in [0.1, 0.15) is 0 Å². The molecule has 1 aromatic heterocycles. The summed E-state index contributed by atoms with van der Waals surface area (Å²) >= 11 is 7.62. The summed E-state index contributed by atoms with van der Waals surface area (Å²) in [6, 6.07) is 13.5. The third-order valence-electron chi connectivity index (χ3n) is 4.35. The number of carbonyl (C=O) groups excluding carboxylic acids is 1. The molecular formula is C22H23ClN2O2S. The van der Waals surface area contributed by atoms with E-state index in [1.54, 1.807) is 18.0 Å². The fourth-order valence-corrected chi connectivity index (χ4v) is 3.76. The molecule has 146 valence electrons. The fourth-order valence-electron chi connectivity index (χ4n) is 2.83. The Kier molecular flexibility index (Phi) is 7.18. The molecule has 0 aliphatic heterocycles. The Balaban J connectivity index is 1.39. The fraction of sp³-hybridized carbons (Fsp3) is 0.273.